The molecule has 0 fully saturated rings. The highest BCUT2D eigenvalue weighted by atomic mass is 16.5. The first-order valence-electron chi connectivity index (χ1n) is 5.98. The molecule has 2 N–H and O–H groups in total. The van der Waals surface area contributed by atoms with Gasteiger partial charge in [-0.15, -0.1) is 0 Å². The zero-order valence-corrected chi connectivity index (χ0v) is 11.7. The third kappa shape index (κ3) is 3.94. The first kappa shape index (κ1) is 14.9. The van der Waals surface area contributed by atoms with Gasteiger partial charge in [0.05, 0.1) is 17.3 Å². The first-order chi connectivity index (χ1) is 8.82. The van der Waals surface area contributed by atoms with Crippen LogP contribution in [0, 0.1) is 13.8 Å². The second-order valence-corrected chi connectivity index (χ2v) is 4.56. The van der Waals surface area contributed by atoms with Crippen molar-refractivity contribution in [1.82, 2.24) is 15.5 Å². The van der Waals surface area contributed by atoms with Crippen LogP contribution in [-0.2, 0) is 9.53 Å². The van der Waals surface area contributed by atoms with Gasteiger partial charge >= 0.3 is 5.97 Å². The summed E-state index contributed by atoms with van der Waals surface area (Å²) < 4.78 is 4.97. The number of aryl methyl sites for hydroxylation is 2. The second-order valence-electron chi connectivity index (χ2n) is 4.56. The van der Waals surface area contributed by atoms with Gasteiger partial charge in [-0.05, 0) is 27.7 Å². The van der Waals surface area contributed by atoms with E-state index < -0.39 is 5.97 Å². The Labute approximate surface area is 112 Å². The van der Waals surface area contributed by atoms with Crippen molar-refractivity contribution in [3.8, 4) is 0 Å². The summed E-state index contributed by atoms with van der Waals surface area (Å²) in [5, 5.41) is 9.46. The van der Waals surface area contributed by atoms with E-state index in [4.69, 9.17) is 4.74 Å². The summed E-state index contributed by atoms with van der Waals surface area (Å²) in [5.41, 5.74) is 2.21. The Hall–Kier alpha value is -2.11. The number of hydrogen-bond donors (Lipinski definition) is 2. The van der Waals surface area contributed by atoms with Crippen LogP contribution in [0.25, 0.3) is 0 Å². The topological polar surface area (TPSA) is 84.1 Å². The lowest BCUT2D eigenvalue weighted by Crippen LogP contribution is -2.37. The lowest BCUT2D eigenvalue weighted by molar-refractivity contribution is -0.139. The van der Waals surface area contributed by atoms with E-state index in [0.29, 0.717) is 22.5 Å². The van der Waals surface area contributed by atoms with Crippen LogP contribution in [0.15, 0.2) is 12.2 Å². The van der Waals surface area contributed by atoms with Crippen molar-refractivity contribution in [3.63, 3.8) is 0 Å². The average Bonchev–Trinajstić information content (AvgIpc) is 2.65. The maximum Gasteiger partial charge on any atom is 0.333 e. The molecule has 1 atom stereocenters. The summed E-state index contributed by atoms with van der Waals surface area (Å²) in [5.74, 6) is -0.695. The van der Waals surface area contributed by atoms with Gasteiger partial charge in [0.1, 0.15) is 6.61 Å². The number of carbonyl (C=O) groups excluding carboxylic acids is 2. The van der Waals surface area contributed by atoms with Crippen molar-refractivity contribution < 1.29 is 14.3 Å². The summed E-state index contributed by atoms with van der Waals surface area (Å²) in [6.45, 7) is 10.5. The SMILES string of the molecule is C=C(C)C(=O)OCC(C)NC(=O)c1c(C)n[nH]c1C. The van der Waals surface area contributed by atoms with Crippen molar-refractivity contribution in [2.24, 2.45) is 0 Å². The molecule has 1 amide bonds. The van der Waals surface area contributed by atoms with Gasteiger partial charge in [-0.3, -0.25) is 9.89 Å². The Morgan fingerprint density at radius 2 is 2.11 bits per heavy atom. The van der Waals surface area contributed by atoms with E-state index >= 15 is 0 Å². The molecule has 1 unspecified atom stereocenters. The third-order valence-corrected chi connectivity index (χ3v) is 2.55. The monoisotopic (exact) mass is 265 g/mol. The number of hydrogen-bond acceptors (Lipinski definition) is 4. The Morgan fingerprint density at radius 1 is 1.47 bits per heavy atom. The zero-order valence-electron chi connectivity index (χ0n) is 11.7. The van der Waals surface area contributed by atoms with E-state index in [1.807, 2.05) is 0 Å². The highest BCUT2D eigenvalue weighted by molar-refractivity contribution is 5.96. The molecule has 0 spiro atoms. The van der Waals surface area contributed by atoms with E-state index in [-0.39, 0.29) is 18.6 Å². The van der Waals surface area contributed by atoms with E-state index in [0.717, 1.165) is 0 Å². The summed E-state index contributed by atoms with van der Waals surface area (Å²) in [6, 6.07) is -0.288. The molecule has 0 radical (unpaired) electrons. The highest BCUT2D eigenvalue weighted by Crippen LogP contribution is 2.09. The van der Waals surface area contributed by atoms with Crippen LogP contribution in [0.5, 0.6) is 0 Å². The largest absolute Gasteiger partial charge is 0.460 e. The Bertz CT molecular complexity index is 486. The van der Waals surface area contributed by atoms with Gasteiger partial charge in [0, 0.05) is 11.3 Å². The summed E-state index contributed by atoms with van der Waals surface area (Å²) >= 11 is 0. The van der Waals surface area contributed by atoms with Crippen molar-refractivity contribution >= 4 is 11.9 Å². The van der Waals surface area contributed by atoms with Crippen LogP contribution in [0.2, 0.25) is 0 Å². The van der Waals surface area contributed by atoms with Crippen LogP contribution in [0.3, 0.4) is 0 Å². The maximum absolute atomic E-state index is 12.0. The maximum atomic E-state index is 12.0. The number of nitrogens with zero attached hydrogens (tertiary/aromatic N) is 1. The fraction of sp³-hybridized carbons (Fsp3) is 0.462. The molecule has 6 nitrogen and oxygen atoms in total. The van der Waals surface area contributed by atoms with Crippen LogP contribution in [0.1, 0.15) is 35.6 Å². The minimum atomic E-state index is -0.461. The fourth-order valence-electron chi connectivity index (χ4n) is 1.55. The molecule has 1 heterocycles. The summed E-state index contributed by atoms with van der Waals surface area (Å²) in [6.07, 6.45) is 0. The standard InChI is InChI=1S/C13H19N3O3/c1-7(2)13(18)19-6-8(3)14-12(17)11-9(4)15-16-10(11)5/h8H,1,6H2,2-5H3,(H,14,17)(H,15,16). The fourth-order valence-corrected chi connectivity index (χ4v) is 1.55. The average molecular weight is 265 g/mol. The molecular formula is C13H19N3O3. The van der Waals surface area contributed by atoms with Crippen molar-refractivity contribution in [3.05, 3.63) is 29.1 Å². The molecule has 19 heavy (non-hydrogen) atoms. The minimum Gasteiger partial charge on any atom is -0.460 e. The predicted octanol–water partition coefficient (Wildman–Crippen LogP) is 1.26. The first-order valence-corrected chi connectivity index (χ1v) is 5.98. The smallest absolute Gasteiger partial charge is 0.333 e. The number of rotatable bonds is 5. The lowest BCUT2D eigenvalue weighted by atomic mass is 10.2. The zero-order chi connectivity index (χ0) is 14.6. The normalized spacial score (nSPS) is 11.8. The van der Waals surface area contributed by atoms with Gasteiger partial charge in [0.25, 0.3) is 5.91 Å². The Balaban J connectivity index is 2.53. The van der Waals surface area contributed by atoms with Gasteiger partial charge in [0.15, 0.2) is 0 Å². The number of nitrogens with one attached hydrogen (secondary N) is 2. The van der Waals surface area contributed by atoms with Crippen molar-refractivity contribution in [2.75, 3.05) is 6.61 Å². The molecular weight excluding hydrogens is 246 g/mol. The predicted molar refractivity (Wildman–Crippen MR) is 70.8 cm³/mol. The molecule has 0 bridgehead atoms. The number of aromatic amines is 1. The van der Waals surface area contributed by atoms with E-state index in [2.05, 4.69) is 22.1 Å². The van der Waals surface area contributed by atoms with Gasteiger partial charge in [-0.2, -0.15) is 5.10 Å². The quantitative estimate of drug-likeness (QED) is 0.620. The number of aromatic nitrogens is 2. The number of esters is 1. The van der Waals surface area contributed by atoms with Crippen LogP contribution in [-0.4, -0.2) is 34.7 Å². The molecule has 0 aliphatic carbocycles. The summed E-state index contributed by atoms with van der Waals surface area (Å²) in [4.78, 5) is 23.2. The molecule has 0 saturated heterocycles. The molecule has 1 aromatic rings. The molecule has 0 aliphatic heterocycles. The van der Waals surface area contributed by atoms with Gasteiger partial charge < -0.3 is 10.1 Å². The third-order valence-electron chi connectivity index (χ3n) is 2.55. The molecule has 0 aromatic carbocycles. The Morgan fingerprint density at radius 3 is 2.58 bits per heavy atom. The second kappa shape index (κ2) is 6.17. The van der Waals surface area contributed by atoms with Gasteiger partial charge in [-0.1, -0.05) is 6.58 Å². The Kier molecular flexibility index (Phi) is 4.86. The minimum absolute atomic E-state index is 0.105. The van der Waals surface area contributed by atoms with Crippen molar-refractivity contribution in [1.29, 1.82) is 0 Å². The van der Waals surface area contributed by atoms with Gasteiger partial charge in [0.2, 0.25) is 0 Å². The summed E-state index contributed by atoms with van der Waals surface area (Å²) in [7, 11) is 0. The molecule has 0 aliphatic rings. The molecule has 104 valence electrons. The van der Waals surface area contributed by atoms with Crippen molar-refractivity contribution in [2.45, 2.75) is 33.7 Å². The number of carbonyl (C=O) groups is 2. The lowest BCUT2D eigenvalue weighted by Gasteiger charge is -2.14. The van der Waals surface area contributed by atoms with Crippen LogP contribution >= 0.6 is 0 Å². The van der Waals surface area contributed by atoms with E-state index in [9.17, 15) is 9.59 Å². The number of H-pyrrole nitrogens is 1. The molecule has 1 rings (SSSR count). The van der Waals surface area contributed by atoms with E-state index in [1.54, 1.807) is 27.7 Å². The van der Waals surface area contributed by atoms with Crippen LogP contribution < -0.4 is 5.32 Å². The van der Waals surface area contributed by atoms with Crippen LogP contribution in [0.4, 0.5) is 0 Å². The molecule has 0 saturated carbocycles. The van der Waals surface area contributed by atoms with Gasteiger partial charge in [-0.25, -0.2) is 4.79 Å². The highest BCUT2D eigenvalue weighted by Gasteiger charge is 2.17. The molecule has 1 aromatic heterocycles. The van der Waals surface area contributed by atoms with E-state index in [1.165, 1.54) is 0 Å². The number of ether oxygens (including phenoxy) is 1. The molecule has 6 heteroatoms. The number of amides is 1.